The van der Waals surface area contributed by atoms with Gasteiger partial charge in [-0.05, 0) is 0 Å². The molecule has 3 fully saturated rings. The van der Waals surface area contributed by atoms with Crippen LogP contribution in [0.1, 0.15) is 0 Å². The van der Waals surface area contributed by atoms with Gasteiger partial charge >= 0.3 is 0 Å². The van der Waals surface area contributed by atoms with Crippen molar-refractivity contribution in [1.82, 2.24) is 0 Å². The number of aliphatic hydroxyl groups is 11. The molecule has 0 aromatic heterocycles. The number of aliphatic hydroxyl groups excluding tert-OH is 11. The standard InChI is InChI=1S/C18H32O16/c19-1-4-7(20)11(24)14(27)17(33-4)31-3-6-9(22)12(25)15(28)18(34-6)30-2-5-8(21)10(23)13(26)16(29)32-5/h4-29H,1-3H2/t4-,5+,6-,7+,8+,9+,10+,11+,12+,13-,14-,15-,16+,17+,18+/m1/s1. The maximum absolute atomic E-state index is 10.2. The van der Waals surface area contributed by atoms with Gasteiger partial charge in [-0.15, -0.1) is 0 Å². The van der Waals surface area contributed by atoms with E-state index in [-0.39, 0.29) is 0 Å². The summed E-state index contributed by atoms with van der Waals surface area (Å²) in [6, 6.07) is 0. The minimum absolute atomic E-state index is 0.570. The lowest BCUT2D eigenvalue weighted by Gasteiger charge is -2.43. The molecule has 3 aliphatic rings. The third kappa shape index (κ3) is 5.68. The van der Waals surface area contributed by atoms with Crippen LogP contribution in [0.15, 0.2) is 0 Å². The van der Waals surface area contributed by atoms with Crippen molar-refractivity contribution in [3.63, 3.8) is 0 Å². The first-order valence-electron chi connectivity index (χ1n) is 10.6. The molecule has 16 nitrogen and oxygen atoms in total. The fourth-order valence-corrected chi connectivity index (χ4v) is 3.84. The number of hydrogen-bond acceptors (Lipinski definition) is 16. The van der Waals surface area contributed by atoms with Gasteiger partial charge in [0, 0.05) is 0 Å². The first kappa shape index (κ1) is 27.9. The number of rotatable bonds is 7. The molecular formula is C18H32O16. The Bertz CT molecular complexity index is 639. The Balaban J connectivity index is 1.58. The first-order valence-corrected chi connectivity index (χ1v) is 10.6. The monoisotopic (exact) mass is 504 g/mol. The molecule has 0 aliphatic carbocycles. The third-order valence-corrected chi connectivity index (χ3v) is 6.05. The summed E-state index contributed by atoms with van der Waals surface area (Å²) in [5.41, 5.74) is 0. The van der Waals surface area contributed by atoms with Crippen LogP contribution in [-0.2, 0) is 23.7 Å². The molecule has 3 aliphatic heterocycles. The molecule has 34 heavy (non-hydrogen) atoms. The Hall–Kier alpha value is -0.640. The van der Waals surface area contributed by atoms with Gasteiger partial charge in [-0.2, -0.15) is 0 Å². The van der Waals surface area contributed by atoms with Crippen LogP contribution in [-0.4, -0.2) is 168 Å². The van der Waals surface area contributed by atoms with Crippen LogP contribution < -0.4 is 0 Å². The molecule has 0 unspecified atom stereocenters. The zero-order valence-electron chi connectivity index (χ0n) is 17.7. The SMILES string of the molecule is OC[C@H]1O[C@H](OC[C@H]2O[C@H](OC[C@@H]3O[C@H](O)[C@H](O)[C@@H](O)[C@H]3O)[C@H](O)[C@@H](O)[C@H]2O)[C@H](O)[C@@H](O)[C@H]1O. The van der Waals surface area contributed by atoms with E-state index < -0.39 is 112 Å². The lowest BCUT2D eigenvalue weighted by molar-refractivity contribution is -0.340. The number of ether oxygens (including phenoxy) is 5. The molecule has 11 N–H and O–H groups in total. The van der Waals surface area contributed by atoms with E-state index in [9.17, 15) is 56.2 Å². The summed E-state index contributed by atoms with van der Waals surface area (Å²) in [6.45, 7) is -1.84. The summed E-state index contributed by atoms with van der Waals surface area (Å²) < 4.78 is 26.1. The highest BCUT2D eigenvalue weighted by atomic mass is 16.7. The second-order valence-electron chi connectivity index (χ2n) is 8.42. The Morgan fingerprint density at radius 3 is 1.29 bits per heavy atom. The summed E-state index contributed by atoms with van der Waals surface area (Å²) in [6.07, 6.45) is -24.4. The fourth-order valence-electron chi connectivity index (χ4n) is 3.84. The Morgan fingerprint density at radius 2 is 0.824 bits per heavy atom. The second kappa shape index (κ2) is 11.6. The average Bonchev–Trinajstić information content (AvgIpc) is 2.82. The van der Waals surface area contributed by atoms with Gasteiger partial charge < -0.3 is 79.9 Å². The molecule has 0 radical (unpaired) electrons. The normalized spacial score (nSPS) is 52.5. The van der Waals surface area contributed by atoms with Gasteiger partial charge in [-0.1, -0.05) is 0 Å². The molecule has 0 aromatic carbocycles. The largest absolute Gasteiger partial charge is 0.394 e. The summed E-state index contributed by atoms with van der Waals surface area (Å²) >= 11 is 0. The van der Waals surface area contributed by atoms with Crippen LogP contribution in [0.4, 0.5) is 0 Å². The van der Waals surface area contributed by atoms with Gasteiger partial charge in [0.25, 0.3) is 0 Å². The van der Waals surface area contributed by atoms with Crippen molar-refractivity contribution in [2.24, 2.45) is 0 Å². The summed E-state index contributed by atoms with van der Waals surface area (Å²) in [4.78, 5) is 0. The predicted octanol–water partition coefficient (Wildman–Crippen LogP) is -7.57. The first-order chi connectivity index (χ1) is 16.0. The van der Waals surface area contributed by atoms with E-state index in [1.165, 1.54) is 0 Å². The minimum Gasteiger partial charge on any atom is -0.394 e. The Kier molecular flexibility index (Phi) is 9.54. The zero-order chi connectivity index (χ0) is 25.3. The van der Waals surface area contributed by atoms with E-state index in [1.54, 1.807) is 0 Å². The average molecular weight is 504 g/mol. The predicted molar refractivity (Wildman–Crippen MR) is 101 cm³/mol. The molecule has 15 atom stereocenters. The van der Waals surface area contributed by atoms with E-state index in [2.05, 4.69) is 0 Å². The molecule has 3 rings (SSSR count). The van der Waals surface area contributed by atoms with E-state index in [4.69, 9.17) is 23.7 Å². The molecule has 200 valence electrons. The van der Waals surface area contributed by atoms with Crippen molar-refractivity contribution in [3.8, 4) is 0 Å². The van der Waals surface area contributed by atoms with Crippen LogP contribution in [0.2, 0.25) is 0 Å². The topological polar surface area (TPSA) is 269 Å². The molecule has 16 heteroatoms. The lowest BCUT2D eigenvalue weighted by Crippen LogP contribution is -2.62. The van der Waals surface area contributed by atoms with Crippen LogP contribution in [0.5, 0.6) is 0 Å². The molecule has 0 aromatic rings. The third-order valence-electron chi connectivity index (χ3n) is 6.05. The minimum atomic E-state index is -1.82. The van der Waals surface area contributed by atoms with Crippen molar-refractivity contribution < 1.29 is 79.9 Å². The number of hydrogen-bond donors (Lipinski definition) is 11. The van der Waals surface area contributed by atoms with Crippen molar-refractivity contribution in [1.29, 1.82) is 0 Å². The Morgan fingerprint density at radius 1 is 0.441 bits per heavy atom. The van der Waals surface area contributed by atoms with Crippen LogP contribution in [0, 0.1) is 0 Å². The van der Waals surface area contributed by atoms with Crippen molar-refractivity contribution in [2.75, 3.05) is 19.8 Å². The van der Waals surface area contributed by atoms with Crippen molar-refractivity contribution in [3.05, 3.63) is 0 Å². The van der Waals surface area contributed by atoms with Crippen LogP contribution in [0.3, 0.4) is 0 Å². The van der Waals surface area contributed by atoms with Crippen LogP contribution >= 0.6 is 0 Å². The highest BCUT2D eigenvalue weighted by molar-refractivity contribution is 4.92. The van der Waals surface area contributed by atoms with Gasteiger partial charge in [0.1, 0.15) is 73.2 Å². The summed E-state index contributed by atoms with van der Waals surface area (Å²) in [5.74, 6) is 0. The quantitative estimate of drug-likeness (QED) is 0.154. The van der Waals surface area contributed by atoms with E-state index in [0.29, 0.717) is 0 Å². The molecule has 3 saturated heterocycles. The molecule has 0 spiro atoms. The summed E-state index contributed by atoms with van der Waals surface area (Å²) in [7, 11) is 0. The summed E-state index contributed by atoms with van der Waals surface area (Å²) in [5, 5.41) is 108. The van der Waals surface area contributed by atoms with E-state index in [1.807, 2.05) is 0 Å². The van der Waals surface area contributed by atoms with E-state index >= 15 is 0 Å². The van der Waals surface area contributed by atoms with Gasteiger partial charge in [-0.25, -0.2) is 0 Å². The van der Waals surface area contributed by atoms with Gasteiger partial charge in [-0.3, -0.25) is 0 Å². The molecular weight excluding hydrogens is 472 g/mol. The maximum atomic E-state index is 10.2. The molecule has 0 bridgehead atoms. The smallest absolute Gasteiger partial charge is 0.186 e. The molecule has 0 amide bonds. The zero-order valence-corrected chi connectivity index (χ0v) is 17.7. The van der Waals surface area contributed by atoms with Gasteiger partial charge in [0.05, 0.1) is 19.8 Å². The van der Waals surface area contributed by atoms with Crippen LogP contribution in [0.25, 0.3) is 0 Å². The van der Waals surface area contributed by atoms with Crippen molar-refractivity contribution >= 4 is 0 Å². The van der Waals surface area contributed by atoms with Gasteiger partial charge in [0.2, 0.25) is 0 Å². The van der Waals surface area contributed by atoms with Gasteiger partial charge in [0.15, 0.2) is 18.9 Å². The molecule has 0 saturated carbocycles. The second-order valence-corrected chi connectivity index (χ2v) is 8.42. The molecule has 3 heterocycles. The Labute approximate surface area is 192 Å². The van der Waals surface area contributed by atoms with Crippen molar-refractivity contribution in [2.45, 2.75) is 92.1 Å². The lowest BCUT2D eigenvalue weighted by atomic mass is 9.98. The highest BCUT2D eigenvalue weighted by Crippen LogP contribution is 2.27. The fraction of sp³-hybridized carbons (Fsp3) is 1.00. The van der Waals surface area contributed by atoms with E-state index in [0.717, 1.165) is 0 Å². The maximum Gasteiger partial charge on any atom is 0.186 e. The highest BCUT2D eigenvalue weighted by Gasteiger charge is 2.48.